The van der Waals surface area contributed by atoms with E-state index in [1.807, 2.05) is 24.3 Å². The number of rotatable bonds is 6. The van der Waals surface area contributed by atoms with Gasteiger partial charge >= 0.3 is 0 Å². The average molecular weight is 303 g/mol. The molecule has 2 aromatic rings. The van der Waals surface area contributed by atoms with E-state index in [1.165, 1.54) is 0 Å². The van der Waals surface area contributed by atoms with Crippen molar-refractivity contribution in [1.29, 1.82) is 0 Å². The predicted molar refractivity (Wildman–Crippen MR) is 83.0 cm³/mol. The lowest BCUT2D eigenvalue weighted by molar-refractivity contribution is 0.0705. The molecule has 0 saturated carbocycles. The molecule has 22 heavy (non-hydrogen) atoms. The van der Waals surface area contributed by atoms with Gasteiger partial charge in [0.1, 0.15) is 17.3 Å². The van der Waals surface area contributed by atoms with Gasteiger partial charge in [-0.2, -0.15) is 0 Å². The van der Waals surface area contributed by atoms with Gasteiger partial charge in [0.05, 0.1) is 19.3 Å². The monoisotopic (exact) mass is 303 g/mol. The normalized spacial score (nSPS) is 10.5. The van der Waals surface area contributed by atoms with Crippen LogP contribution in [0, 0.1) is 13.8 Å². The molecule has 5 nitrogen and oxygen atoms in total. The number of furan rings is 1. The first-order chi connectivity index (χ1) is 10.6. The number of aliphatic hydroxyl groups is 1. The fourth-order valence-electron chi connectivity index (χ4n) is 2.43. The molecule has 0 aliphatic rings. The standard InChI is InChI=1S/C17H21NO4/c1-12-10-15(13(2)22-12)17(20)18(8-9-19)11-14-6-4-5-7-16(14)21-3/h4-7,10,19H,8-9,11H2,1-3H3. The van der Waals surface area contributed by atoms with Gasteiger partial charge in [-0.3, -0.25) is 4.79 Å². The summed E-state index contributed by atoms with van der Waals surface area (Å²) in [6, 6.07) is 9.26. The Balaban J connectivity index is 2.26. The Morgan fingerprint density at radius 2 is 2.05 bits per heavy atom. The van der Waals surface area contributed by atoms with E-state index in [-0.39, 0.29) is 19.1 Å². The van der Waals surface area contributed by atoms with Crippen LogP contribution in [-0.2, 0) is 6.54 Å². The zero-order chi connectivity index (χ0) is 16.1. The van der Waals surface area contributed by atoms with Crippen LogP contribution in [0.25, 0.3) is 0 Å². The summed E-state index contributed by atoms with van der Waals surface area (Å²) in [5.41, 5.74) is 1.42. The minimum absolute atomic E-state index is 0.100. The number of hydrogen-bond donors (Lipinski definition) is 1. The Labute approximate surface area is 130 Å². The lowest BCUT2D eigenvalue weighted by atomic mass is 10.1. The van der Waals surface area contributed by atoms with E-state index >= 15 is 0 Å². The fraction of sp³-hybridized carbons (Fsp3) is 0.353. The summed E-state index contributed by atoms with van der Waals surface area (Å²) < 4.78 is 10.7. The number of carbonyl (C=O) groups excluding carboxylic acids is 1. The minimum Gasteiger partial charge on any atom is -0.496 e. The number of carbonyl (C=O) groups is 1. The van der Waals surface area contributed by atoms with E-state index in [0.717, 1.165) is 11.3 Å². The summed E-state index contributed by atoms with van der Waals surface area (Å²) in [4.78, 5) is 14.3. The Morgan fingerprint density at radius 3 is 2.64 bits per heavy atom. The van der Waals surface area contributed by atoms with E-state index in [1.54, 1.807) is 31.9 Å². The van der Waals surface area contributed by atoms with Crippen molar-refractivity contribution in [1.82, 2.24) is 4.90 Å². The van der Waals surface area contributed by atoms with Gasteiger partial charge in [-0.05, 0) is 26.0 Å². The van der Waals surface area contributed by atoms with Crippen molar-refractivity contribution in [2.45, 2.75) is 20.4 Å². The highest BCUT2D eigenvalue weighted by atomic mass is 16.5. The van der Waals surface area contributed by atoms with E-state index in [9.17, 15) is 9.90 Å². The molecule has 1 amide bonds. The molecule has 5 heteroatoms. The van der Waals surface area contributed by atoms with Gasteiger partial charge in [-0.25, -0.2) is 0 Å². The third-order valence-corrected chi connectivity index (χ3v) is 3.48. The molecule has 0 unspecified atom stereocenters. The zero-order valence-electron chi connectivity index (χ0n) is 13.1. The summed E-state index contributed by atoms with van der Waals surface area (Å²) >= 11 is 0. The van der Waals surface area contributed by atoms with Crippen LogP contribution in [0.4, 0.5) is 0 Å². The van der Waals surface area contributed by atoms with Crippen molar-refractivity contribution in [3.8, 4) is 5.75 Å². The van der Waals surface area contributed by atoms with Crippen molar-refractivity contribution in [3.05, 3.63) is 53.0 Å². The molecule has 0 aliphatic carbocycles. The van der Waals surface area contributed by atoms with E-state index in [2.05, 4.69) is 0 Å². The number of ether oxygens (including phenoxy) is 1. The Morgan fingerprint density at radius 1 is 1.32 bits per heavy atom. The number of aliphatic hydroxyl groups excluding tert-OH is 1. The first-order valence-corrected chi connectivity index (χ1v) is 7.16. The lowest BCUT2D eigenvalue weighted by Crippen LogP contribution is -2.33. The Bertz CT molecular complexity index is 648. The molecule has 118 valence electrons. The number of methoxy groups -OCH3 is 1. The Hall–Kier alpha value is -2.27. The zero-order valence-corrected chi connectivity index (χ0v) is 13.1. The molecule has 0 fully saturated rings. The van der Waals surface area contributed by atoms with Crippen molar-refractivity contribution < 1.29 is 19.1 Å². The van der Waals surface area contributed by atoms with Crippen LogP contribution in [0.1, 0.15) is 27.4 Å². The third-order valence-electron chi connectivity index (χ3n) is 3.48. The average Bonchev–Trinajstić information content (AvgIpc) is 2.85. The number of hydrogen-bond acceptors (Lipinski definition) is 4. The molecule has 1 aromatic carbocycles. The molecule has 2 rings (SSSR count). The van der Waals surface area contributed by atoms with E-state index in [0.29, 0.717) is 23.6 Å². The number of aryl methyl sites for hydroxylation is 2. The molecular formula is C17H21NO4. The van der Waals surface area contributed by atoms with Crippen LogP contribution in [0.2, 0.25) is 0 Å². The van der Waals surface area contributed by atoms with Crippen molar-refractivity contribution in [2.24, 2.45) is 0 Å². The van der Waals surface area contributed by atoms with Crippen LogP contribution in [0.15, 0.2) is 34.7 Å². The molecular weight excluding hydrogens is 282 g/mol. The van der Waals surface area contributed by atoms with Crippen LogP contribution >= 0.6 is 0 Å². The van der Waals surface area contributed by atoms with Gasteiger partial charge in [-0.1, -0.05) is 18.2 Å². The van der Waals surface area contributed by atoms with Crippen molar-refractivity contribution in [2.75, 3.05) is 20.3 Å². The number of nitrogens with zero attached hydrogens (tertiary/aromatic N) is 1. The number of amides is 1. The van der Waals surface area contributed by atoms with Crippen LogP contribution in [-0.4, -0.2) is 36.2 Å². The highest BCUT2D eigenvalue weighted by Gasteiger charge is 2.21. The summed E-state index contributed by atoms with van der Waals surface area (Å²) in [6.07, 6.45) is 0. The molecule has 0 aliphatic heterocycles. The molecule has 0 saturated heterocycles. The molecule has 1 aromatic heterocycles. The first kappa shape index (κ1) is 16.1. The smallest absolute Gasteiger partial charge is 0.257 e. The maximum absolute atomic E-state index is 12.7. The molecule has 0 bridgehead atoms. The topological polar surface area (TPSA) is 62.9 Å². The fourth-order valence-corrected chi connectivity index (χ4v) is 2.43. The summed E-state index contributed by atoms with van der Waals surface area (Å²) in [5, 5.41) is 9.26. The molecule has 1 heterocycles. The van der Waals surface area contributed by atoms with Gasteiger partial charge in [0.2, 0.25) is 0 Å². The molecule has 0 atom stereocenters. The van der Waals surface area contributed by atoms with E-state index in [4.69, 9.17) is 9.15 Å². The van der Waals surface area contributed by atoms with Crippen molar-refractivity contribution in [3.63, 3.8) is 0 Å². The lowest BCUT2D eigenvalue weighted by Gasteiger charge is -2.22. The SMILES string of the molecule is COc1ccccc1CN(CCO)C(=O)c1cc(C)oc1C. The quantitative estimate of drug-likeness (QED) is 0.891. The van der Waals surface area contributed by atoms with E-state index < -0.39 is 0 Å². The van der Waals surface area contributed by atoms with Gasteiger partial charge in [0, 0.05) is 18.7 Å². The van der Waals surface area contributed by atoms with Crippen LogP contribution in [0.3, 0.4) is 0 Å². The Kier molecular flexibility index (Phi) is 5.22. The highest BCUT2D eigenvalue weighted by Crippen LogP contribution is 2.22. The van der Waals surface area contributed by atoms with Gasteiger partial charge in [0.25, 0.3) is 5.91 Å². The molecule has 0 radical (unpaired) electrons. The predicted octanol–water partition coefficient (Wildman–Crippen LogP) is 2.54. The maximum Gasteiger partial charge on any atom is 0.257 e. The van der Waals surface area contributed by atoms with Crippen LogP contribution in [0.5, 0.6) is 5.75 Å². The van der Waals surface area contributed by atoms with Gasteiger partial charge in [-0.15, -0.1) is 0 Å². The maximum atomic E-state index is 12.7. The summed E-state index contributed by atoms with van der Waals surface area (Å²) in [6.45, 7) is 4.09. The number of para-hydroxylation sites is 1. The second kappa shape index (κ2) is 7.13. The second-order valence-electron chi connectivity index (χ2n) is 5.09. The highest BCUT2D eigenvalue weighted by molar-refractivity contribution is 5.95. The molecule has 1 N–H and O–H groups in total. The van der Waals surface area contributed by atoms with Gasteiger partial charge in [0.15, 0.2) is 0 Å². The third kappa shape index (κ3) is 3.49. The number of benzene rings is 1. The first-order valence-electron chi connectivity index (χ1n) is 7.16. The largest absolute Gasteiger partial charge is 0.496 e. The molecule has 0 spiro atoms. The second-order valence-corrected chi connectivity index (χ2v) is 5.09. The van der Waals surface area contributed by atoms with Crippen molar-refractivity contribution >= 4 is 5.91 Å². The summed E-state index contributed by atoms with van der Waals surface area (Å²) in [7, 11) is 1.60. The minimum atomic E-state index is -0.158. The summed E-state index contributed by atoms with van der Waals surface area (Å²) in [5.74, 6) is 1.85. The van der Waals surface area contributed by atoms with Crippen LogP contribution < -0.4 is 4.74 Å². The van der Waals surface area contributed by atoms with Gasteiger partial charge < -0.3 is 19.2 Å².